The molecule has 0 spiro atoms. The van der Waals surface area contributed by atoms with Crippen molar-refractivity contribution in [2.45, 2.75) is 39.2 Å². The molecule has 0 amide bonds. The van der Waals surface area contributed by atoms with Crippen LogP contribution in [0.2, 0.25) is 5.02 Å². The van der Waals surface area contributed by atoms with Crippen LogP contribution in [-0.2, 0) is 0 Å². The predicted molar refractivity (Wildman–Crippen MR) is 79.3 cm³/mol. The van der Waals surface area contributed by atoms with Crippen LogP contribution in [0.3, 0.4) is 0 Å². The Morgan fingerprint density at radius 3 is 2.56 bits per heavy atom. The second-order valence-electron chi connectivity index (χ2n) is 5.34. The molecule has 2 nitrogen and oxygen atoms in total. The van der Waals surface area contributed by atoms with Crippen LogP contribution in [0.5, 0.6) is 0 Å². The second kappa shape index (κ2) is 5.94. The van der Waals surface area contributed by atoms with Gasteiger partial charge in [0.2, 0.25) is 0 Å². The van der Waals surface area contributed by atoms with Gasteiger partial charge in [-0.1, -0.05) is 31.0 Å². The van der Waals surface area contributed by atoms with Gasteiger partial charge in [-0.3, -0.25) is 0 Å². The normalized spacial score (nSPS) is 19.0. The molecule has 1 aromatic carbocycles. The first-order valence-electron chi connectivity index (χ1n) is 6.91. The van der Waals surface area contributed by atoms with Crippen LogP contribution < -0.4 is 10.6 Å². The third-order valence-electron chi connectivity index (χ3n) is 4.03. The molecule has 0 aromatic heterocycles. The van der Waals surface area contributed by atoms with Gasteiger partial charge in [0.1, 0.15) is 0 Å². The van der Waals surface area contributed by atoms with E-state index in [9.17, 15) is 0 Å². The average molecular weight is 267 g/mol. The van der Waals surface area contributed by atoms with Crippen molar-refractivity contribution in [3.05, 3.63) is 28.8 Å². The van der Waals surface area contributed by atoms with Gasteiger partial charge in [-0.15, -0.1) is 0 Å². The minimum absolute atomic E-state index is 0.0439. The van der Waals surface area contributed by atoms with Crippen molar-refractivity contribution in [2.75, 3.05) is 18.0 Å². The van der Waals surface area contributed by atoms with Crippen LogP contribution in [-0.4, -0.2) is 13.1 Å². The van der Waals surface area contributed by atoms with E-state index in [1.165, 1.54) is 19.3 Å². The Morgan fingerprint density at radius 1 is 1.39 bits per heavy atom. The first-order valence-corrected chi connectivity index (χ1v) is 7.29. The molecule has 2 rings (SSSR count). The maximum Gasteiger partial charge on any atom is 0.0642 e. The molecular formula is C15H23ClN2. The number of rotatable bonds is 3. The number of hydrogen-bond donors (Lipinski definition) is 1. The van der Waals surface area contributed by atoms with Crippen molar-refractivity contribution < 1.29 is 0 Å². The summed E-state index contributed by atoms with van der Waals surface area (Å²) in [6.45, 7) is 6.51. The highest BCUT2D eigenvalue weighted by Crippen LogP contribution is 2.32. The quantitative estimate of drug-likeness (QED) is 0.896. The molecule has 100 valence electrons. The molecule has 1 aliphatic heterocycles. The SMILES string of the molecule is CCC1CCN(c2ccc(C(C)N)cc2Cl)CC1. The second-order valence-corrected chi connectivity index (χ2v) is 5.75. The molecular weight excluding hydrogens is 244 g/mol. The number of halogens is 1. The fourth-order valence-corrected chi connectivity index (χ4v) is 2.95. The van der Waals surface area contributed by atoms with E-state index in [1.807, 2.05) is 13.0 Å². The topological polar surface area (TPSA) is 29.3 Å². The lowest BCUT2D eigenvalue weighted by molar-refractivity contribution is 0.395. The van der Waals surface area contributed by atoms with E-state index >= 15 is 0 Å². The fourth-order valence-electron chi connectivity index (χ4n) is 2.64. The van der Waals surface area contributed by atoms with Gasteiger partial charge in [0.05, 0.1) is 10.7 Å². The smallest absolute Gasteiger partial charge is 0.0642 e. The molecule has 3 heteroatoms. The summed E-state index contributed by atoms with van der Waals surface area (Å²) in [4.78, 5) is 2.40. The maximum absolute atomic E-state index is 6.38. The van der Waals surface area contributed by atoms with Gasteiger partial charge in [-0.2, -0.15) is 0 Å². The van der Waals surface area contributed by atoms with Gasteiger partial charge in [-0.25, -0.2) is 0 Å². The lowest BCUT2D eigenvalue weighted by Crippen LogP contribution is -2.33. The van der Waals surface area contributed by atoms with E-state index in [1.54, 1.807) is 0 Å². The summed E-state index contributed by atoms with van der Waals surface area (Å²) in [6.07, 6.45) is 3.86. The van der Waals surface area contributed by atoms with Crippen molar-refractivity contribution in [2.24, 2.45) is 11.7 Å². The molecule has 0 aliphatic carbocycles. The van der Waals surface area contributed by atoms with Crippen LogP contribution in [0.25, 0.3) is 0 Å². The van der Waals surface area contributed by atoms with Crippen molar-refractivity contribution in [3.8, 4) is 0 Å². The molecule has 1 aromatic rings. The lowest BCUT2D eigenvalue weighted by atomic mass is 9.94. The largest absolute Gasteiger partial charge is 0.370 e. The monoisotopic (exact) mass is 266 g/mol. The molecule has 1 heterocycles. The van der Waals surface area contributed by atoms with E-state index in [2.05, 4.69) is 24.0 Å². The van der Waals surface area contributed by atoms with Gasteiger partial charge >= 0.3 is 0 Å². The van der Waals surface area contributed by atoms with Gasteiger partial charge in [0.15, 0.2) is 0 Å². The van der Waals surface area contributed by atoms with Crippen LogP contribution in [0.1, 0.15) is 44.7 Å². The van der Waals surface area contributed by atoms with E-state index < -0.39 is 0 Å². The minimum atomic E-state index is 0.0439. The standard InChI is InChI=1S/C15H23ClN2/c1-3-12-6-8-18(9-7-12)15-5-4-13(11(2)17)10-14(15)16/h4-5,10-12H,3,6-9,17H2,1-2H3. The molecule has 1 saturated heterocycles. The van der Waals surface area contributed by atoms with Crippen molar-refractivity contribution >= 4 is 17.3 Å². The summed E-state index contributed by atoms with van der Waals surface area (Å²) in [5.41, 5.74) is 8.14. The summed E-state index contributed by atoms with van der Waals surface area (Å²) in [7, 11) is 0. The Kier molecular flexibility index (Phi) is 4.52. The number of nitrogens with zero attached hydrogens (tertiary/aromatic N) is 1. The van der Waals surface area contributed by atoms with E-state index in [-0.39, 0.29) is 6.04 Å². The maximum atomic E-state index is 6.38. The Bertz CT molecular complexity index is 395. The first-order chi connectivity index (χ1) is 8.61. The highest BCUT2D eigenvalue weighted by atomic mass is 35.5. The van der Waals surface area contributed by atoms with Gasteiger partial charge in [0.25, 0.3) is 0 Å². The van der Waals surface area contributed by atoms with E-state index in [0.29, 0.717) is 0 Å². The minimum Gasteiger partial charge on any atom is -0.370 e. The van der Waals surface area contributed by atoms with Crippen LogP contribution in [0.15, 0.2) is 18.2 Å². The van der Waals surface area contributed by atoms with Crippen LogP contribution in [0, 0.1) is 5.92 Å². The Hall–Kier alpha value is -0.730. The van der Waals surface area contributed by atoms with Gasteiger partial charge in [0, 0.05) is 19.1 Å². The van der Waals surface area contributed by atoms with Crippen molar-refractivity contribution in [1.29, 1.82) is 0 Å². The number of anilines is 1. The zero-order chi connectivity index (χ0) is 13.1. The zero-order valence-electron chi connectivity index (χ0n) is 11.3. The van der Waals surface area contributed by atoms with E-state index in [0.717, 1.165) is 35.3 Å². The summed E-state index contributed by atoms with van der Waals surface area (Å²) in [5.74, 6) is 0.892. The molecule has 1 aliphatic rings. The summed E-state index contributed by atoms with van der Waals surface area (Å²) >= 11 is 6.38. The van der Waals surface area contributed by atoms with Crippen LogP contribution in [0.4, 0.5) is 5.69 Å². The predicted octanol–water partition coefficient (Wildman–Crippen LogP) is 3.99. The average Bonchev–Trinajstić information content (AvgIpc) is 2.38. The van der Waals surface area contributed by atoms with Crippen LogP contribution >= 0.6 is 11.6 Å². The molecule has 2 N–H and O–H groups in total. The Balaban J connectivity index is 2.10. The Labute approximate surface area is 115 Å². The third-order valence-corrected chi connectivity index (χ3v) is 4.33. The van der Waals surface area contributed by atoms with E-state index in [4.69, 9.17) is 17.3 Å². The summed E-state index contributed by atoms with van der Waals surface area (Å²) in [6, 6.07) is 6.26. The highest BCUT2D eigenvalue weighted by molar-refractivity contribution is 6.33. The number of benzene rings is 1. The van der Waals surface area contributed by atoms with Gasteiger partial charge < -0.3 is 10.6 Å². The van der Waals surface area contributed by atoms with Crippen molar-refractivity contribution in [3.63, 3.8) is 0 Å². The molecule has 18 heavy (non-hydrogen) atoms. The summed E-state index contributed by atoms with van der Waals surface area (Å²) in [5, 5.41) is 0.833. The zero-order valence-corrected chi connectivity index (χ0v) is 12.1. The lowest BCUT2D eigenvalue weighted by Gasteiger charge is -2.34. The molecule has 1 atom stereocenters. The third kappa shape index (κ3) is 2.99. The molecule has 0 saturated carbocycles. The first kappa shape index (κ1) is 13.7. The molecule has 1 unspecified atom stereocenters. The fraction of sp³-hybridized carbons (Fsp3) is 0.600. The number of nitrogens with two attached hydrogens (primary N) is 1. The molecule has 0 radical (unpaired) electrons. The summed E-state index contributed by atoms with van der Waals surface area (Å²) < 4.78 is 0. The highest BCUT2D eigenvalue weighted by Gasteiger charge is 2.19. The molecule has 0 bridgehead atoms. The Morgan fingerprint density at radius 2 is 2.06 bits per heavy atom. The number of piperidine rings is 1. The van der Waals surface area contributed by atoms with Crippen molar-refractivity contribution in [1.82, 2.24) is 0 Å². The number of hydrogen-bond acceptors (Lipinski definition) is 2. The van der Waals surface area contributed by atoms with Gasteiger partial charge in [-0.05, 0) is 43.4 Å². The molecule has 1 fully saturated rings.